The molecule has 184 valence electrons. The van der Waals surface area contributed by atoms with E-state index in [1.807, 2.05) is 111 Å². The van der Waals surface area contributed by atoms with Crippen molar-refractivity contribution in [1.82, 2.24) is 4.90 Å². The average Bonchev–Trinajstić information content (AvgIpc) is 3.10. The molecular formula is C30H29NO4S. The summed E-state index contributed by atoms with van der Waals surface area (Å²) in [5.74, 6) is -0.627. The van der Waals surface area contributed by atoms with Gasteiger partial charge in [0.1, 0.15) is 17.0 Å². The number of aliphatic hydroxyl groups is 1. The Balaban J connectivity index is 1.43. The first-order chi connectivity index (χ1) is 17.3. The Hall–Kier alpha value is -3.35. The number of β-lactam (4-membered cyclic amide) rings is 1. The maximum atomic E-state index is 13.8. The Labute approximate surface area is 215 Å². The predicted molar refractivity (Wildman–Crippen MR) is 142 cm³/mol. The summed E-state index contributed by atoms with van der Waals surface area (Å²) in [7, 11) is 0. The molecule has 3 aromatic carbocycles. The van der Waals surface area contributed by atoms with Crippen molar-refractivity contribution in [3.8, 4) is 0 Å². The third-order valence-electron chi connectivity index (χ3n) is 6.83. The zero-order valence-electron chi connectivity index (χ0n) is 20.3. The SMILES string of the molecule is CC1(C)SC2(C(O)C=Cc3ccccc3)CC(=O)N2[C@H]1C(=O)OC(c1ccccc1)c1ccccc1. The van der Waals surface area contributed by atoms with Crippen LogP contribution in [0, 0.1) is 0 Å². The van der Waals surface area contributed by atoms with E-state index in [1.54, 1.807) is 11.0 Å². The maximum absolute atomic E-state index is 13.8. The standard InChI is InChI=1S/C30H29NO4S/c1-29(2)27(28(34)35-26(22-14-8-4-9-15-22)23-16-10-5-11-17-23)31-25(33)20-30(31,36-29)24(32)19-18-21-12-6-3-7-13-21/h3-19,24,26-27,32H,20H2,1-2H3/t24?,27-,30?/m0/s1. The van der Waals surface area contributed by atoms with Gasteiger partial charge in [-0.2, -0.15) is 0 Å². The highest BCUT2D eigenvalue weighted by Gasteiger charge is 2.70. The van der Waals surface area contributed by atoms with Crippen LogP contribution in [0.2, 0.25) is 0 Å². The number of amides is 1. The molecule has 1 amide bonds. The first kappa shape index (κ1) is 24.3. The van der Waals surface area contributed by atoms with Gasteiger partial charge in [0.15, 0.2) is 6.10 Å². The second-order valence-corrected chi connectivity index (χ2v) is 11.7. The quantitative estimate of drug-likeness (QED) is 0.357. The lowest BCUT2D eigenvalue weighted by Crippen LogP contribution is -2.68. The van der Waals surface area contributed by atoms with Gasteiger partial charge in [-0.3, -0.25) is 4.79 Å². The molecule has 0 radical (unpaired) electrons. The summed E-state index contributed by atoms with van der Waals surface area (Å²) in [4.78, 5) is 27.3. The first-order valence-corrected chi connectivity index (χ1v) is 12.9. The van der Waals surface area contributed by atoms with Crippen molar-refractivity contribution in [3.05, 3.63) is 114 Å². The van der Waals surface area contributed by atoms with Crippen LogP contribution in [0.15, 0.2) is 97.1 Å². The summed E-state index contributed by atoms with van der Waals surface area (Å²) in [6.07, 6.45) is 2.20. The molecule has 36 heavy (non-hydrogen) atoms. The molecule has 2 unspecified atom stereocenters. The third-order valence-corrected chi connectivity index (χ3v) is 8.52. The second-order valence-electron chi connectivity index (χ2n) is 9.75. The van der Waals surface area contributed by atoms with Crippen LogP contribution in [0.3, 0.4) is 0 Å². The van der Waals surface area contributed by atoms with Gasteiger partial charge in [0, 0.05) is 4.75 Å². The van der Waals surface area contributed by atoms with Crippen LogP contribution in [0.1, 0.15) is 43.1 Å². The van der Waals surface area contributed by atoms with E-state index < -0.39 is 33.8 Å². The summed E-state index contributed by atoms with van der Waals surface area (Å²) in [6, 6.07) is 28.1. The average molecular weight is 500 g/mol. The van der Waals surface area contributed by atoms with E-state index in [4.69, 9.17) is 4.74 Å². The summed E-state index contributed by atoms with van der Waals surface area (Å²) < 4.78 is 5.50. The van der Waals surface area contributed by atoms with Crippen molar-refractivity contribution in [2.24, 2.45) is 0 Å². The summed E-state index contributed by atoms with van der Waals surface area (Å²) >= 11 is 1.47. The molecule has 1 N–H and O–H groups in total. The number of hydrogen-bond donors (Lipinski definition) is 1. The van der Waals surface area contributed by atoms with Crippen LogP contribution < -0.4 is 0 Å². The molecule has 2 aliphatic rings. The number of rotatable bonds is 7. The molecular weight excluding hydrogens is 470 g/mol. The van der Waals surface area contributed by atoms with Gasteiger partial charge in [-0.25, -0.2) is 4.79 Å². The van der Waals surface area contributed by atoms with Gasteiger partial charge in [-0.1, -0.05) is 103 Å². The molecule has 6 heteroatoms. The lowest BCUT2D eigenvalue weighted by Gasteiger charge is -2.49. The van der Waals surface area contributed by atoms with E-state index >= 15 is 0 Å². The lowest BCUT2D eigenvalue weighted by atomic mass is 9.89. The predicted octanol–water partition coefficient (Wildman–Crippen LogP) is 5.22. The number of benzene rings is 3. The van der Waals surface area contributed by atoms with Gasteiger partial charge < -0.3 is 14.7 Å². The molecule has 0 spiro atoms. The van der Waals surface area contributed by atoms with E-state index in [0.717, 1.165) is 16.7 Å². The number of fused-ring (bicyclic) bond motifs is 1. The van der Waals surface area contributed by atoms with Crippen LogP contribution in [0.25, 0.3) is 6.08 Å². The monoisotopic (exact) mass is 499 g/mol. The Bertz CT molecular complexity index is 1220. The van der Waals surface area contributed by atoms with Gasteiger partial charge in [-0.05, 0) is 30.5 Å². The third kappa shape index (κ3) is 4.36. The Kier molecular flexibility index (Phi) is 6.49. The topological polar surface area (TPSA) is 66.8 Å². The smallest absolute Gasteiger partial charge is 0.331 e. The minimum Gasteiger partial charge on any atom is -0.451 e. The van der Waals surface area contributed by atoms with Crippen LogP contribution in [-0.2, 0) is 14.3 Å². The van der Waals surface area contributed by atoms with Gasteiger partial charge in [0.2, 0.25) is 5.91 Å². The number of carbonyl (C=O) groups excluding carboxylic acids is 2. The fourth-order valence-electron chi connectivity index (χ4n) is 5.16. The van der Waals surface area contributed by atoms with E-state index in [0.29, 0.717) is 0 Å². The molecule has 0 aromatic heterocycles. The second kappa shape index (κ2) is 9.60. The highest BCUT2D eigenvalue weighted by molar-refractivity contribution is 8.02. The fraction of sp³-hybridized carbons (Fsp3) is 0.267. The number of ether oxygens (including phenoxy) is 1. The summed E-state index contributed by atoms with van der Waals surface area (Å²) in [5.41, 5.74) is 2.66. The summed E-state index contributed by atoms with van der Waals surface area (Å²) in [5, 5.41) is 11.2. The molecule has 0 bridgehead atoms. The molecule has 3 atom stereocenters. The summed E-state index contributed by atoms with van der Waals surface area (Å²) in [6.45, 7) is 3.87. The Morgan fingerprint density at radius 1 is 0.972 bits per heavy atom. The van der Waals surface area contributed by atoms with Crippen molar-refractivity contribution < 1.29 is 19.4 Å². The first-order valence-electron chi connectivity index (χ1n) is 12.1. The number of thioether (sulfide) groups is 1. The van der Waals surface area contributed by atoms with Crippen LogP contribution in [-0.4, -0.2) is 43.6 Å². The van der Waals surface area contributed by atoms with Crippen molar-refractivity contribution in [1.29, 1.82) is 0 Å². The highest BCUT2D eigenvalue weighted by Crippen LogP contribution is 2.60. The van der Waals surface area contributed by atoms with Crippen molar-refractivity contribution in [2.75, 3.05) is 0 Å². The largest absolute Gasteiger partial charge is 0.451 e. The van der Waals surface area contributed by atoms with Crippen LogP contribution in [0.4, 0.5) is 0 Å². The van der Waals surface area contributed by atoms with Crippen LogP contribution >= 0.6 is 11.8 Å². The van der Waals surface area contributed by atoms with Gasteiger partial charge in [-0.15, -0.1) is 11.8 Å². The van der Waals surface area contributed by atoms with Gasteiger partial charge in [0.05, 0.1) is 6.42 Å². The Morgan fingerprint density at radius 3 is 2.03 bits per heavy atom. The van der Waals surface area contributed by atoms with Crippen molar-refractivity contribution in [2.45, 2.75) is 48.1 Å². The molecule has 2 heterocycles. The Morgan fingerprint density at radius 2 is 1.50 bits per heavy atom. The van der Waals surface area contributed by atoms with E-state index in [1.165, 1.54) is 11.8 Å². The minimum absolute atomic E-state index is 0.154. The highest BCUT2D eigenvalue weighted by atomic mass is 32.2. The molecule has 2 saturated heterocycles. The van der Waals surface area contributed by atoms with Gasteiger partial charge >= 0.3 is 5.97 Å². The number of esters is 1. The number of aliphatic hydroxyl groups excluding tert-OH is 1. The molecule has 2 fully saturated rings. The van der Waals surface area contributed by atoms with E-state index in [-0.39, 0.29) is 12.3 Å². The number of hydrogen-bond acceptors (Lipinski definition) is 5. The van der Waals surface area contributed by atoms with Gasteiger partial charge in [0.25, 0.3) is 0 Å². The maximum Gasteiger partial charge on any atom is 0.331 e. The van der Waals surface area contributed by atoms with Crippen molar-refractivity contribution >= 4 is 29.7 Å². The van der Waals surface area contributed by atoms with E-state index in [2.05, 4.69) is 0 Å². The minimum atomic E-state index is -0.934. The normalized spacial score (nSPS) is 23.4. The number of nitrogens with zero attached hydrogens (tertiary/aromatic N) is 1. The zero-order chi connectivity index (χ0) is 25.3. The number of carbonyl (C=O) groups is 2. The van der Waals surface area contributed by atoms with Crippen molar-refractivity contribution in [3.63, 3.8) is 0 Å². The van der Waals surface area contributed by atoms with E-state index in [9.17, 15) is 14.7 Å². The molecule has 5 rings (SSSR count). The lowest BCUT2D eigenvalue weighted by molar-refractivity contribution is -0.172. The molecule has 0 aliphatic carbocycles. The zero-order valence-corrected chi connectivity index (χ0v) is 21.1. The molecule has 5 nitrogen and oxygen atoms in total. The molecule has 3 aromatic rings. The molecule has 0 saturated carbocycles. The van der Waals surface area contributed by atoms with Crippen LogP contribution in [0.5, 0.6) is 0 Å². The fourth-order valence-corrected chi connectivity index (χ4v) is 7.08. The molecule has 2 aliphatic heterocycles.